The van der Waals surface area contributed by atoms with E-state index in [9.17, 15) is 22.8 Å². The second-order valence-electron chi connectivity index (χ2n) is 5.17. The number of likely N-dealkylation sites (tertiary alicyclic amines) is 1. The maximum absolute atomic E-state index is 12.6. The van der Waals surface area contributed by atoms with E-state index in [1.807, 2.05) is 0 Å². The van der Waals surface area contributed by atoms with E-state index >= 15 is 0 Å². The fourth-order valence-corrected chi connectivity index (χ4v) is 2.14. The van der Waals surface area contributed by atoms with Crippen LogP contribution in [0, 0.1) is 5.92 Å². The van der Waals surface area contributed by atoms with E-state index in [4.69, 9.17) is 0 Å². The summed E-state index contributed by atoms with van der Waals surface area (Å²) in [5.41, 5.74) is 0.000425. The van der Waals surface area contributed by atoms with Gasteiger partial charge in [0.1, 0.15) is 0 Å². The van der Waals surface area contributed by atoms with Gasteiger partial charge in [-0.25, -0.2) is 0 Å². The van der Waals surface area contributed by atoms with Gasteiger partial charge in [0.25, 0.3) is 5.91 Å². The third-order valence-corrected chi connectivity index (χ3v) is 3.24. The Balaban J connectivity index is 2.73. The molecule has 0 spiro atoms. The van der Waals surface area contributed by atoms with Gasteiger partial charge in [-0.15, -0.1) is 0 Å². The van der Waals surface area contributed by atoms with Crippen molar-refractivity contribution in [3.63, 3.8) is 0 Å². The molecule has 4 nitrogen and oxygen atoms in total. The van der Waals surface area contributed by atoms with Crippen LogP contribution in [0.15, 0.2) is 11.8 Å². The molecular formula is C13H19F3N2O2. The zero-order valence-electron chi connectivity index (χ0n) is 11.8. The van der Waals surface area contributed by atoms with Crippen molar-refractivity contribution in [3.05, 3.63) is 11.8 Å². The molecule has 7 heteroatoms. The lowest BCUT2D eigenvalue weighted by Gasteiger charge is -2.33. The third kappa shape index (κ3) is 4.25. The zero-order chi connectivity index (χ0) is 15.5. The fourth-order valence-electron chi connectivity index (χ4n) is 2.14. The molecule has 0 N–H and O–H groups in total. The molecule has 0 unspecified atom stereocenters. The number of carbonyl (C=O) groups excluding carboxylic acids is 2. The van der Waals surface area contributed by atoms with Gasteiger partial charge in [0.2, 0.25) is 0 Å². The third-order valence-electron chi connectivity index (χ3n) is 3.24. The van der Waals surface area contributed by atoms with Crippen LogP contribution in [0.1, 0.15) is 19.8 Å². The maximum atomic E-state index is 12.6. The summed E-state index contributed by atoms with van der Waals surface area (Å²) in [6, 6.07) is 0. The first kappa shape index (κ1) is 16.5. The molecule has 0 saturated carbocycles. The summed E-state index contributed by atoms with van der Waals surface area (Å²) < 4.78 is 37.7. The molecule has 0 aromatic heterocycles. The van der Waals surface area contributed by atoms with E-state index in [1.165, 1.54) is 18.0 Å². The molecule has 0 aromatic rings. The van der Waals surface area contributed by atoms with E-state index < -0.39 is 18.0 Å². The predicted octanol–water partition coefficient (Wildman–Crippen LogP) is 1.82. The summed E-state index contributed by atoms with van der Waals surface area (Å²) in [7, 11) is 3.35. The molecule has 114 valence electrons. The van der Waals surface area contributed by atoms with Crippen molar-refractivity contribution in [2.45, 2.75) is 25.9 Å². The number of Topliss-reactive ketones (excluding diaryl/α,β-unsaturated/α-hetero) is 1. The Morgan fingerprint density at radius 1 is 1.20 bits per heavy atom. The van der Waals surface area contributed by atoms with E-state index in [2.05, 4.69) is 0 Å². The monoisotopic (exact) mass is 292 g/mol. The summed E-state index contributed by atoms with van der Waals surface area (Å²) in [6.45, 7) is 1.33. The molecule has 0 radical (unpaired) electrons. The highest BCUT2D eigenvalue weighted by Gasteiger charge is 2.42. The normalized spacial score (nSPS) is 18.1. The summed E-state index contributed by atoms with van der Waals surface area (Å²) in [6.07, 6.45) is -3.02. The Kier molecular flexibility index (Phi) is 5.19. The first-order valence-electron chi connectivity index (χ1n) is 6.38. The molecule has 1 rings (SSSR count). The van der Waals surface area contributed by atoms with Crippen LogP contribution in [0.2, 0.25) is 0 Å². The van der Waals surface area contributed by atoms with Gasteiger partial charge in [0.15, 0.2) is 5.78 Å². The first-order valence-corrected chi connectivity index (χ1v) is 6.38. The number of hydrogen-bond acceptors (Lipinski definition) is 3. The number of hydrogen-bond donors (Lipinski definition) is 0. The number of piperidine rings is 1. The Bertz CT molecular complexity index is 408. The highest BCUT2D eigenvalue weighted by molar-refractivity contribution is 6.18. The van der Waals surface area contributed by atoms with Crippen molar-refractivity contribution in [1.29, 1.82) is 0 Å². The van der Waals surface area contributed by atoms with Gasteiger partial charge in [0.05, 0.1) is 11.5 Å². The minimum absolute atomic E-state index is 0.000425. The molecule has 0 aromatic carbocycles. The second-order valence-corrected chi connectivity index (χ2v) is 5.17. The van der Waals surface area contributed by atoms with E-state index in [-0.39, 0.29) is 37.3 Å². The average Bonchev–Trinajstić information content (AvgIpc) is 2.33. The summed E-state index contributed by atoms with van der Waals surface area (Å²) >= 11 is 0. The predicted molar refractivity (Wildman–Crippen MR) is 67.8 cm³/mol. The standard InChI is InChI=1S/C13H19F3N2O2/c1-9(19)11(8-17(2)3)12(20)18-6-4-10(5-7-18)13(14,15)16/h8,10H,4-7H2,1-3H3. The Morgan fingerprint density at radius 2 is 1.70 bits per heavy atom. The van der Waals surface area contributed by atoms with Crippen molar-refractivity contribution in [3.8, 4) is 0 Å². The number of nitrogens with zero attached hydrogens (tertiary/aromatic N) is 2. The molecule has 20 heavy (non-hydrogen) atoms. The van der Waals surface area contributed by atoms with Gasteiger partial charge < -0.3 is 9.80 Å². The second kappa shape index (κ2) is 6.28. The molecule has 1 aliphatic rings. The highest BCUT2D eigenvalue weighted by Crippen LogP contribution is 2.34. The Morgan fingerprint density at radius 3 is 2.05 bits per heavy atom. The van der Waals surface area contributed by atoms with Crippen molar-refractivity contribution in [2.75, 3.05) is 27.2 Å². The van der Waals surface area contributed by atoms with Crippen molar-refractivity contribution < 1.29 is 22.8 Å². The summed E-state index contributed by atoms with van der Waals surface area (Å²) in [5.74, 6) is -2.24. The van der Waals surface area contributed by atoms with Crippen LogP contribution in [-0.4, -0.2) is 54.9 Å². The summed E-state index contributed by atoms with van der Waals surface area (Å²) in [4.78, 5) is 26.5. The van der Waals surface area contributed by atoms with Gasteiger partial charge in [-0.1, -0.05) is 0 Å². The highest BCUT2D eigenvalue weighted by atomic mass is 19.4. The average molecular weight is 292 g/mol. The first-order chi connectivity index (χ1) is 9.12. The molecule has 1 aliphatic heterocycles. The lowest BCUT2D eigenvalue weighted by atomic mass is 9.95. The Hall–Kier alpha value is -1.53. The molecule has 0 aliphatic carbocycles. The van der Waals surface area contributed by atoms with Gasteiger partial charge in [-0.2, -0.15) is 13.2 Å². The molecule has 1 heterocycles. The van der Waals surface area contributed by atoms with Crippen LogP contribution in [0.4, 0.5) is 13.2 Å². The Labute approximate surface area is 116 Å². The SMILES string of the molecule is CC(=O)C(=CN(C)C)C(=O)N1CCC(C(F)(F)F)CC1. The lowest BCUT2D eigenvalue weighted by Crippen LogP contribution is -2.43. The number of rotatable bonds is 3. The summed E-state index contributed by atoms with van der Waals surface area (Å²) in [5, 5.41) is 0. The lowest BCUT2D eigenvalue weighted by molar-refractivity contribution is -0.186. The van der Waals surface area contributed by atoms with E-state index in [0.29, 0.717) is 0 Å². The quantitative estimate of drug-likeness (QED) is 0.452. The van der Waals surface area contributed by atoms with Crippen LogP contribution in [0.25, 0.3) is 0 Å². The van der Waals surface area contributed by atoms with Crippen molar-refractivity contribution in [1.82, 2.24) is 9.80 Å². The number of carbonyl (C=O) groups is 2. The van der Waals surface area contributed by atoms with E-state index in [1.54, 1.807) is 19.0 Å². The van der Waals surface area contributed by atoms with Gasteiger partial charge >= 0.3 is 6.18 Å². The largest absolute Gasteiger partial charge is 0.391 e. The van der Waals surface area contributed by atoms with Gasteiger partial charge in [-0.05, 0) is 19.8 Å². The van der Waals surface area contributed by atoms with Crippen molar-refractivity contribution >= 4 is 11.7 Å². The minimum atomic E-state index is -4.21. The van der Waals surface area contributed by atoms with Crippen LogP contribution >= 0.6 is 0 Å². The van der Waals surface area contributed by atoms with E-state index in [0.717, 1.165) is 0 Å². The van der Waals surface area contributed by atoms with Gasteiger partial charge in [-0.3, -0.25) is 9.59 Å². The molecule has 1 fully saturated rings. The van der Waals surface area contributed by atoms with Crippen LogP contribution in [0.3, 0.4) is 0 Å². The number of amides is 1. The molecular weight excluding hydrogens is 273 g/mol. The smallest absolute Gasteiger partial charge is 0.383 e. The minimum Gasteiger partial charge on any atom is -0.383 e. The van der Waals surface area contributed by atoms with Crippen LogP contribution in [-0.2, 0) is 9.59 Å². The molecule has 0 atom stereocenters. The van der Waals surface area contributed by atoms with Gasteiger partial charge in [0, 0.05) is 33.4 Å². The molecule has 1 amide bonds. The zero-order valence-corrected chi connectivity index (χ0v) is 11.8. The fraction of sp³-hybridized carbons (Fsp3) is 0.692. The van der Waals surface area contributed by atoms with Crippen LogP contribution < -0.4 is 0 Å². The van der Waals surface area contributed by atoms with Crippen molar-refractivity contribution in [2.24, 2.45) is 5.92 Å². The number of alkyl halides is 3. The molecule has 1 saturated heterocycles. The topological polar surface area (TPSA) is 40.6 Å². The number of halogens is 3. The number of ketones is 1. The maximum Gasteiger partial charge on any atom is 0.391 e. The van der Waals surface area contributed by atoms with Crippen LogP contribution in [0.5, 0.6) is 0 Å². The molecule has 0 bridgehead atoms.